The summed E-state index contributed by atoms with van der Waals surface area (Å²) in [5, 5.41) is 6.21. The Morgan fingerprint density at radius 2 is 2.00 bits per heavy atom. The number of urea groups is 1. The number of Topliss-reactive ketones (excluding diaryl/α,β-unsaturated/α-hetero) is 1. The Morgan fingerprint density at radius 3 is 2.65 bits per heavy atom. The molecule has 1 saturated carbocycles. The van der Waals surface area contributed by atoms with Crippen LogP contribution < -0.4 is 15.4 Å². The second-order valence-electron chi connectivity index (χ2n) is 8.94. The van der Waals surface area contributed by atoms with Crippen LogP contribution in [0.25, 0.3) is 0 Å². The number of pyridine rings is 1. The van der Waals surface area contributed by atoms with Crippen molar-refractivity contribution in [3.05, 3.63) is 54.4 Å². The quantitative estimate of drug-likeness (QED) is 0.719. The van der Waals surface area contributed by atoms with E-state index in [0.717, 1.165) is 19.4 Å². The van der Waals surface area contributed by atoms with Gasteiger partial charge in [0, 0.05) is 56.5 Å². The number of hydrogen-bond acceptors (Lipinski definition) is 5. The van der Waals surface area contributed by atoms with Gasteiger partial charge in [0.2, 0.25) is 0 Å². The van der Waals surface area contributed by atoms with Crippen molar-refractivity contribution in [2.75, 3.05) is 31.5 Å². The highest BCUT2D eigenvalue weighted by atomic mass is 16.5. The largest absolute Gasteiger partial charge is 0.478 e. The predicted molar refractivity (Wildman–Crippen MR) is 117 cm³/mol. The van der Waals surface area contributed by atoms with Crippen molar-refractivity contribution >= 4 is 17.5 Å². The molecule has 1 aromatic carbocycles. The number of nitrogens with one attached hydrogen (secondary N) is 2. The molecule has 2 aromatic rings. The van der Waals surface area contributed by atoms with Gasteiger partial charge < -0.3 is 20.3 Å². The molecule has 7 heteroatoms. The first-order chi connectivity index (χ1) is 15.1. The smallest absolute Gasteiger partial charge is 0.321 e. The molecule has 2 aliphatic heterocycles. The average molecular weight is 421 g/mol. The average Bonchev–Trinajstić information content (AvgIpc) is 3.43. The van der Waals surface area contributed by atoms with Crippen LogP contribution in [0.2, 0.25) is 0 Å². The molecule has 3 aliphatic rings. The van der Waals surface area contributed by atoms with Gasteiger partial charge >= 0.3 is 6.03 Å². The van der Waals surface area contributed by atoms with E-state index in [1.807, 2.05) is 42.6 Å². The first kappa shape index (κ1) is 20.0. The minimum atomic E-state index is -0.758. The van der Waals surface area contributed by atoms with Crippen LogP contribution >= 0.6 is 0 Å². The molecule has 162 valence electrons. The second-order valence-corrected chi connectivity index (χ2v) is 8.94. The zero-order chi connectivity index (χ0) is 21.3. The van der Waals surface area contributed by atoms with Crippen molar-refractivity contribution in [3.63, 3.8) is 0 Å². The number of carbonyl (C=O) groups is 2. The summed E-state index contributed by atoms with van der Waals surface area (Å²) in [6, 6.07) is 11.2. The minimum Gasteiger partial charge on any atom is -0.478 e. The number of benzene rings is 1. The molecule has 1 aliphatic carbocycles. The van der Waals surface area contributed by atoms with Gasteiger partial charge in [0.1, 0.15) is 5.75 Å². The van der Waals surface area contributed by atoms with E-state index in [0.29, 0.717) is 55.7 Å². The van der Waals surface area contributed by atoms with E-state index in [1.165, 1.54) is 5.56 Å². The number of rotatable bonds is 7. The van der Waals surface area contributed by atoms with Crippen molar-refractivity contribution in [2.45, 2.75) is 37.2 Å². The molecule has 2 amide bonds. The predicted octanol–water partition coefficient (Wildman–Crippen LogP) is 3.19. The second kappa shape index (κ2) is 8.30. The molecule has 0 unspecified atom stereocenters. The molecule has 1 atom stereocenters. The third kappa shape index (κ3) is 4.42. The fraction of sp³-hybridized carbons (Fsp3) is 0.458. The van der Waals surface area contributed by atoms with Crippen molar-refractivity contribution in [1.29, 1.82) is 0 Å². The van der Waals surface area contributed by atoms with E-state index in [-0.39, 0.29) is 11.8 Å². The van der Waals surface area contributed by atoms with Gasteiger partial charge in [-0.3, -0.25) is 9.78 Å². The normalized spacial score (nSPS) is 23.3. The summed E-state index contributed by atoms with van der Waals surface area (Å²) < 4.78 is 6.22. The lowest BCUT2D eigenvalue weighted by Crippen LogP contribution is -2.50. The van der Waals surface area contributed by atoms with Crippen molar-refractivity contribution in [1.82, 2.24) is 15.2 Å². The molecular weight excluding hydrogens is 392 g/mol. The summed E-state index contributed by atoms with van der Waals surface area (Å²) in [6.45, 7) is 2.74. The van der Waals surface area contributed by atoms with Crippen molar-refractivity contribution in [2.24, 2.45) is 5.92 Å². The number of amides is 2. The lowest BCUT2D eigenvalue weighted by molar-refractivity contribution is -0.133. The maximum Gasteiger partial charge on any atom is 0.321 e. The third-order valence-electron chi connectivity index (χ3n) is 6.54. The number of hydrogen-bond donors (Lipinski definition) is 2. The fourth-order valence-corrected chi connectivity index (χ4v) is 4.33. The molecule has 31 heavy (non-hydrogen) atoms. The number of aromatic nitrogens is 1. The van der Waals surface area contributed by atoms with Crippen LogP contribution in [0.3, 0.4) is 0 Å². The SMILES string of the molecule is O=C(Nc1ccc(O[C@@]2(C(=O)CC3CC3)CCNC2)cc1)N1CC(c2cccnc2)C1. The zero-order valence-electron chi connectivity index (χ0n) is 17.5. The maximum atomic E-state index is 12.8. The van der Waals surface area contributed by atoms with Gasteiger partial charge in [-0.05, 0) is 61.2 Å². The number of anilines is 1. The number of nitrogens with zero attached hydrogens (tertiary/aromatic N) is 2. The van der Waals surface area contributed by atoms with Crippen LogP contribution in [0.5, 0.6) is 5.75 Å². The van der Waals surface area contributed by atoms with Gasteiger partial charge in [-0.2, -0.15) is 0 Å². The van der Waals surface area contributed by atoms with Gasteiger partial charge in [0.15, 0.2) is 11.4 Å². The molecular formula is C24H28N4O3. The number of likely N-dealkylation sites (tertiary alicyclic amines) is 1. The van der Waals surface area contributed by atoms with E-state index in [1.54, 1.807) is 11.1 Å². The van der Waals surface area contributed by atoms with Gasteiger partial charge in [0.05, 0.1) is 0 Å². The molecule has 3 heterocycles. The van der Waals surface area contributed by atoms with Crippen LogP contribution in [0, 0.1) is 5.92 Å². The summed E-state index contributed by atoms with van der Waals surface area (Å²) in [7, 11) is 0. The molecule has 3 fully saturated rings. The Balaban J connectivity index is 1.15. The minimum absolute atomic E-state index is 0.107. The Morgan fingerprint density at radius 1 is 1.19 bits per heavy atom. The molecule has 2 saturated heterocycles. The Kier molecular flexibility index (Phi) is 5.36. The Labute approximate surface area is 182 Å². The van der Waals surface area contributed by atoms with E-state index in [2.05, 4.69) is 15.6 Å². The van der Waals surface area contributed by atoms with Crippen molar-refractivity contribution < 1.29 is 14.3 Å². The van der Waals surface area contributed by atoms with E-state index in [9.17, 15) is 9.59 Å². The highest BCUT2D eigenvalue weighted by Crippen LogP contribution is 2.36. The van der Waals surface area contributed by atoms with Crippen LogP contribution in [0.1, 0.15) is 37.2 Å². The van der Waals surface area contributed by atoms with E-state index >= 15 is 0 Å². The molecule has 0 radical (unpaired) electrons. The summed E-state index contributed by atoms with van der Waals surface area (Å²) in [6.07, 6.45) is 7.25. The Bertz CT molecular complexity index is 931. The highest BCUT2D eigenvalue weighted by Gasteiger charge is 2.45. The lowest BCUT2D eigenvalue weighted by atomic mass is 9.93. The van der Waals surface area contributed by atoms with E-state index in [4.69, 9.17) is 4.74 Å². The summed E-state index contributed by atoms with van der Waals surface area (Å²) in [4.78, 5) is 31.3. The molecule has 2 N–H and O–H groups in total. The van der Waals surface area contributed by atoms with Gasteiger partial charge in [0.25, 0.3) is 0 Å². The van der Waals surface area contributed by atoms with Gasteiger partial charge in [-0.25, -0.2) is 4.79 Å². The third-order valence-corrected chi connectivity index (χ3v) is 6.54. The molecule has 1 aromatic heterocycles. The first-order valence-corrected chi connectivity index (χ1v) is 11.1. The molecule has 0 spiro atoms. The summed E-state index contributed by atoms with van der Waals surface area (Å²) in [5.41, 5.74) is 1.12. The zero-order valence-corrected chi connectivity index (χ0v) is 17.5. The maximum absolute atomic E-state index is 12.8. The highest BCUT2D eigenvalue weighted by molar-refractivity contribution is 5.90. The van der Waals surface area contributed by atoms with Crippen LogP contribution in [-0.2, 0) is 4.79 Å². The van der Waals surface area contributed by atoms with Crippen LogP contribution in [0.15, 0.2) is 48.8 Å². The number of ketones is 1. The van der Waals surface area contributed by atoms with Crippen LogP contribution in [-0.4, -0.2) is 53.5 Å². The molecule has 5 rings (SSSR count). The standard InChI is InChI=1S/C24H28N4O3/c29-22(12-17-3-4-17)24(9-11-26-16-24)31-21-7-5-20(6-8-21)27-23(30)28-14-19(15-28)18-2-1-10-25-13-18/h1-2,5-8,10,13,17,19,26H,3-4,9,11-12,14-16H2,(H,27,30)/t24-/m0/s1. The van der Waals surface area contributed by atoms with Crippen molar-refractivity contribution in [3.8, 4) is 5.75 Å². The molecule has 0 bridgehead atoms. The topological polar surface area (TPSA) is 83.6 Å². The number of carbonyl (C=O) groups excluding carboxylic acids is 2. The first-order valence-electron chi connectivity index (χ1n) is 11.1. The lowest BCUT2D eigenvalue weighted by Gasteiger charge is -2.39. The van der Waals surface area contributed by atoms with Gasteiger partial charge in [-0.15, -0.1) is 0 Å². The van der Waals surface area contributed by atoms with Crippen LogP contribution in [0.4, 0.5) is 10.5 Å². The Hall–Kier alpha value is -2.93. The number of ether oxygens (including phenoxy) is 1. The van der Waals surface area contributed by atoms with Gasteiger partial charge in [-0.1, -0.05) is 6.07 Å². The van der Waals surface area contributed by atoms with E-state index < -0.39 is 5.60 Å². The summed E-state index contributed by atoms with van der Waals surface area (Å²) in [5.74, 6) is 1.76. The summed E-state index contributed by atoms with van der Waals surface area (Å²) >= 11 is 0. The molecule has 7 nitrogen and oxygen atoms in total. The fourth-order valence-electron chi connectivity index (χ4n) is 4.33. The monoisotopic (exact) mass is 420 g/mol.